The molecule has 2 aromatic carbocycles. The number of nitrogens with zero attached hydrogens (tertiary/aromatic N) is 1. The number of aromatic nitrogens is 1. The summed E-state index contributed by atoms with van der Waals surface area (Å²) in [6.07, 6.45) is 0. The van der Waals surface area contributed by atoms with E-state index in [1.54, 1.807) is 11.3 Å². The number of rotatable bonds is 1. The van der Waals surface area contributed by atoms with Gasteiger partial charge in [-0.25, -0.2) is 4.98 Å². The third-order valence-corrected chi connectivity index (χ3v) is 3.77. The van der Waals surface area contributed by atoms with Crippen LogP contribution >= 0.6 is 11.3 Å². The van der Waals surface area contributed by atoms with Crippen molar-refractivity contribution in [3.8, 4) is 10.6 Å². The van der Waals surface area contributed by atoms with E-state index in [1.165, 1.54) is 10.3 Å². The molecule has 0 aliphatic heterocycles. The van der Waals surface area contributed by atoms with Gasteiger partial charge >= 0.3 is 0 Å². The minimum atomic E-state index is 0.783. The van der Waals surface area contributed by atoms with E-state index in [9.17, 15) is 0 Å². The topological polar surface area (TPSA) is 38.9 Å². The van der Waals surface area contributed by atoms with E-state index >= 15 is 0 Å². The Morgan fingerprint density at radius 1 is 1.00 bits per heavy atom. The van der Waals surface area contributed by atoms with E-state index in [1.807, 2.05) is 38.1 Å². The molecular formula is C16H18N2S. The van der Waals surface area contributed by atoms with E-state index < -0.39 is 0 Å². The van der Waals surface area contributed by atoms with E-state index in [0.29, 0.717) is 0 Å². The standard InChI is InChI=1S/C14H12N2S.C2H6/c1-9-2-7-12-13(8-9)17-14(16-12)10-3-5-11(15)6-4-10;1-2/h2-8H,15H2,1H3;1-2H3. The first-order valence-electron chi connectivity index (χ1n) is 6.45. The van der Waals surface area contributed by atoms with Crippen molar-refractivity contribution in [3.05, 3.63) is 48.0 Å². The zero-order valence-electron chi connectivity index (χ0n) is 11.5. The van der Waals surface area contributed by atoms with Crippen LogP contribution in [0.3, 0.4) is 0 Å². The predicted molar refractivity (Wildman–Crippen MR) is 85.6 cm³/mol. The van der Waals surface area contributed by atoms with E-state index in [-0.39, 0.29) is 0 Å². The van der Waals surface area contributed by atoms with Crippen LogP contribution in [0.15, 0.2) is 42.5 Å². The highest BCUT2D eigenvalue weighted by atomic mass is 32.1. The molecular weight excluding hydrogens is 252 g/mol. The van der Waals surface area contributed by atoms with Gasteiger partial charge in [0.05, 0.1) is 10.2 Å². The maximum absolute atomic E-state index is 5.68. The molecule has 0 saturated carbocycles. The second-order valence-electron chi connectivity index (χ2n) is 4.11. The van der Waals surface area contributed by atoms with Crippen molar-refractivity contribution in [1.82, 2.24) is 4.98 Å². The first-order chi connectivity index (χ1) is 9.22. The van der Waals surface area contributed by atoms with Gasteiger partial charge in [0.25, 0.3) is 0 Å². The molecule has 0 radical (unpaired) electrons. The summed E-state index contributed by atoms with van der Waals surface area (Å²) in [5, 5.41) is 1.05. The van der Waals surface area contributed by atoms with E-state index in [2.05, 4.69) is 30.1 Å². The maximum Gasteiger partial charge on any atom is 0.124 e. The Labute approximate surface area is 117 Å². The molecule has 0 amide bonds. The predicted octanol–water partition coefficient (Wildman–Crippen LogP) is 4.88. The molecule has 3 rings (SSSR count). The summed E-state index contributed by atoms with van der Waals surface area (Å²) in [7, 11) is 0. The van der Waals surface area contributed by atoms with Crippen LogP contribution in [0.4, 0.5) is 5.69 Å². The molecule has 3 aromatic rings. The lowest BCUT2D eigenvalue weighted by atomic mass is 10.2. The minimum absolute atomic E-state index is 0.783. The van der Waals surface area contributed by atoms with Crippen molar-refractivity contribution in [2.75, 3.05) is 5.73 Å². The molecule has 0 saturated heterocycles. The van der Waals surface area contributed by atoms with Gasteiger partial charge in [-0.2, -0.15) is 0 Å². The smallest absolute Gasteiger partial charge is 0.124 e. The summed E-state index contributed by atoms with van der Waals surface area (Å²) < 4.78 is 1.23. The molecule has 1 heterocycles. The van der Waals surface area contributed by atoms with Crippen LogP contribution in [-0.4, -0.2) is 4.98 Å². The summed E-state index contributed by atoms with van der Waals surface area (Å²) in [4.78, 5) is 4.63. The largest absolute Gasteiger partial charge is 0.399 e. The molecule has 1 aromatic heterocycles. The summed E-state index contributed by atoms with van der Waals surface area (Å²) in [6.45, 7) is 6.10. The Hall–Kier alpha value is -1.87. The average Bonchev–Trinajstić information content (AvgIpc) is 2.84. The van der Waals surface area contributed by atoms with Crippen LogP contribution in [0, 0.1) is 6.92 Å². The molecule has 0 aliphatic carbocycles. The summed E-state index contributed by atoms with van der Waals surface area (Å²) in [5.74, 6) is 0. The average molecular weight is 270 g/mol. The number of fused-ring (bicyclic) bond motifs is 1. The monoisotopic (exact) mass is 270 g/mol. The zero-order valence-corrected chi connectivity index (χ0v) is 12.3. The number of nitrogens with two attached hydrogens (primary N) is 1. The third-order valence-electron chi connectivity index (χ3n) is 2.70. The second-order valence-corrected chi connectivity index (χ2v) is 5.14. The molecule has 19 heavy (non-hydrogen) atoms. The molecule has 0 aliphatic rings. The third kappa shape index (κ3) is 2.93. The van der Waals surface area contributed by atoms with Crippen molar-refractivity contribution in [1.29, 1.82) is 0 Å². The van der Waals surface area contributed by atoms with Gasteiger partial charge in [-0.1, -0.05) is 19.9 Å². The highest BCUT2D eigenvalue weighted by Crippen LogP contribution is 2.30. The van der Waals surface area contributed by atoms with Crippen molar-refractivity contribution in [2.45, 2.75) is 20.8 Å². The number of nitrogen functional groups attached to an aromatic ring is 1. The van der Waals surface area contributed by atoms with Crippen LogP contribution in [0.1, 0.15) is 19.4 Å². The molecule has 0 atom stereocenters. The second kappa shape index (κ2) is 5.85. The first kappa shape index (κ1) is 13.6. The fraction of sp³-hybridized carbons (Fsp3) is 0.188. The Kier molecular flexibility index (Phi) is 4.17. The summed E-state index contributed by atoms with van der Waals surface area (Å²) >= 11 is 1.72. The number of thiazole rings is 1. The van der Waals surface area contributed by atoms with Gasteiger partial charge in [-0.05, 0) is 48.9 Å². The Morgan fingerprint density at radius 2 is 1.68 bits per heavy atom. The van der Waals surface area contributed by atoms with Gasteiger partial charge in [0, 0.05) is 11.3 Å². The van der Waals surface area contributed by atoms with Crippen LogP contribution in [0.2, 0.25) is 0 Å². The molecule has 2 nitrogen and oxygen atoms in total. The van der Waals surface area contributed by atoms with Crippen LogP contribution in [0.25, 0.3) is 20.8 Å². The van der Waals surface area contributed by atoms with E-state index in [4.69, 9.17) is 5.73 Å². The number of benzene rings is 2. The number of anilines is 1. The maximum atomic E-state index is 5.68. The van der Waals surface area contributed by atoms with Crippen molar-refractivity contribution in [2.24, 2.45) is 0 Å². The normalized spacial score (nSPS) is 10.1. The van der Waals surface area contributed by atoms with Crippen molar-refractivity contribution >= 4 is 27.2 Å². The lowest BCUT2D eigenvalue weighted by Crippen LogP contribution is -1.83. The molecule has 0 bridgehead atoms. The minimum Gasteiger partial charge on any atom is -0.399 e. The van der Waals surface area contributed by atoms with Crippen LogP contribution in [-0.2, 0) is 0 Å². The van der Waals surface area contributed by atoms with Crippen molar-refractivity contribution in [3.63, 3.8) is 0 Å². The molecule has 0 fully saturated rings. The number of hydrogen-bond donors (Lipinski definition) is 1. The molecule has 0 unspecified atom stereocenters. The molecule has 2 N–H and O–H groups in total. The van der Waals surface area contributed by atoms with Crippen LogP contribution < -0.4 is 5.73 Å². The highest BCUT2D eigenvalue weighted by molar-refractivity contribution is 7.21. The highest BCUT2D eigenvalue weighted by Gasteiger charge is 2.05. The molecule has 98 valence electrons. The molecule has 0 spiro atoms. The Bertz CT molecular complexity index is 669. The lowest BCUT2D eigenvalue weighted by Gasteiger charge is -1.95. The lowest BCUT2D eigenvalue weighted by molar-refractivity contribution is 1.45. The van der Waals surface area contributed by atoms with Gasteiger partial charge < -0.3 is 5.73 Å². The quantitative estimate of drug-likeness (QED) is 0.640. The van der Waals surface area contributed by atoms with Crippen LogP contribution in [0.5, 0.6) is 0 Å². The number of hydrogen-bond acceptors (Lipinski definition) is 3. The fourth-order valence-corrected chi connectivity index (χ4v) is 2.85. The summed E-state index contributed by atoms with van der Waals surface area (Å²) in [6, 6.07) is 14.2. The SMILES string of the molecule is CC.Cc1ccc2nc(-c3ccc(N)cc3)sc2c1. The molecule has 3 heteroatoms. The first-order valence-corrected chi connectivity index (χ1v) is 7.27. The number of aryl methyl sites for hydroxylation is 1. The zero-order chi connectivity index (χ0) is 13.8. The fourth-order valence-electron chi connectivity index (χ4n) is 1.78. The van der Waals surface area contributed by atoms with Crippen molar-refractivity contribution < 1.29 is 0 Å². The summed E-state index contributed by atoms with van der Waals surface area (Å²) in [5.41, 5.74) is 9.92. The van der Waals surface area contributed by atoms with Gasteiger partial charge in [0.15, 0.2) is 0 Å². The van der Waals surface area contributed by atoms with E-state index in [0.717, 1.165) is 21.8 Å². The van der Waals surface area contributed by atoms with Gasteiger partial charge in [-0.15, -0.1) is 11.3 Å². The van der Waals surface area contributed by atoms with Gasteiger partial charge in [0.1, 0.15) is 5.01 Å². The van der Waals surface area contributed by atoms with Gasteiger partial charge in [0.2, 0.25) is 0 Å². The van der Waals surface area contributed by atoms with Gasteiger partial charge in [-0.3, -0.25) is 0 Å². The Morgan fingerprint density at radius 3 is 2.37 bits per heavy atom. The Balaban J connectivity index is 0.000000637.